The standard InChI is InChI=1S/C33H36N2O7S.Na/c1-22(10-8-12-30-32(3,4)25-17-23(2)13-15-28(25)35(30)20-42-21-36)9-7-11-29-33(5,6)26-18-24(43(39,40)41)14-16-27(26)34(29)19-31(37)38;/h7-18,21H,19-20H2,1-6H3,(H-,37,38,39,40,41);/q;+1. The van der Waals surface area contributed by atoms with E-state index in [1.54, 1.807) is 4.90 Å². The Bertz CT molecular complexity index is 1750. The first-order valence-electron chi connectivity index (χ1n) is 13.7. The number of carboxylic acids is 1. The summed E-state index contributed by atoms with van der Waals surface area (Å²) in [5.74, 6) is -1.04. The van der Waals surface area contributed by atoms with Crippen LogP contribution in [0, 0.1) is 6.92 Å². The van der Waals surface area contributed by atoms with Crippen molar-refractivity contribution in [1.29, 1.82) is 0 Å². The Kier molecular flexibility index (Phi) is 10.7. The van der Waals surface area contributed by atoms with Gasteiger partial charge in [0, 0.05) is 34.5 Å². The van der Waals surface area contributed by atoms with Gasteiger partial charge in [-0.05, 0) is 63.6 Å². The molecule has 9 nitrogen and oxygen atoms in total. The fraction of sp³-hybridized carbons (Fsp3) is 0.303. The van der Waals surface area contributed by atoms with Gasteiger partial charge in [-0.25, -0.2) is 8.42 Å². The van der Waals surface area contributed by atoms with E-state index < -0.39 is 21.5 Å². The molecule has 0 unspecified atom stereocenters. The van der Waals surface area contributed by atoms with Crippen molar-refractivity contribution >= 4 is 39.6 Å². The van der Waals surface area contributed by atoms with Crippen LogP contribution < -0.4 is 34.5 Å². The van der Waals surface area contributed by atoms with Crippen molar-refractivity contribution in [3.63, 3.8) is 0 Å². The van der Waals surface area contributed by atoms with Crippen LogP contribution in [0.3, 0.4) is 0 Å². The van der Waals surface area contributed by atoms with Gasteiger partial charge in [0.1, 0.15) is 16.7 Å². The molecule has 2 aliphatic heterocycles. The smallest absolute Gasteiger partial charge is 0.744 e. The molecule has 2 aromatic carbocycles. The summed E-state index contributed by atoms with van der Waals surface area (Å²) in [5.41, 5.74) is 5.91. The van der Waals surface area contributed by atoms with E-state index in [-0.39, 0.29) is 53.1 Å². The number of aryl methyl sites for hydroxylation is 1. The SMILES string of the molecule is CC(/C=C/C=C1/N(CC(=O)O)c2ccc(S(=O)(=O)[O-])cc2C1(C)C)=C\C=C\C1=[N+](COC=O)c2ccc(C)cc2C1(C)C.[Na+]. The van der Waals surface area contributed by atoms with Gasteiger partial charge in [0.15, 0.2) is 5.71 Å². The minimum atomic E-state index is -4.67. The van der Waals surface area contributed by atoms with Crippen LogP contribution in [-0.4, -0.2) is 54.1 Å². The predicted octanol–water partition coefficient (Wildman–Crippen LogP) is 2.23. The number of nitrogens with zero attached hydrogens (tertiary/aromatic N) is 2. The van der Waals surface area contributed by atoms with Gasteiger partial charge in [-0.2, -0.15) is 4.58 Å². The van der Waals surface area contributed by atoms with Crippen LogP contribution in [0.5, 0.6) is 0 Å². The molecule has 0 atom stereocenters. The molecular weight excluding hydrogens is 591 g/mol. The number of benzene rings is 2. The molecule has 0 amide bonds. The first-order chi connectivity index (χ1) is 20.1. The van der Waals surface area contributed by atoms with Crippen molar-refractivity contribution in [2.75, 3.05) is 18.2 Å². The summed E-state index contributed by atoms with van der Waals surface area (Å²) in [6, 6.07) is 10.2. The van der Waals surface area contributed by atoms with Crippen LogP contribution in [0.25, 0.3) is 0 Å². The number of hydrogen-bond acceptors (Lipinski definition) is 7. The summed E-state index contributed by atoms with van der Waals surface area (Å²) < 4.78 is 42.1. The average molecular weight is 628 g/mol. The van der Waals surface area contributed by atoms with E-state index in [0.29, 0.717) is 23.4 Å². The molecular formula is C33H36N2NaO7S+. The van der Waals surface area contributed by atoms with Gasteiger partial charge in [-0.1, -0.05) is 55.4 Å². The molecule has 0 fully saturated rings. The van der Waals surface area contributed by atoms with E-state index in [1.807, 2.05) is 80.9 Å². The number of aliphatic carboxylic acids is 1. The van der Waals surface area contributed by atoms with Crippen LogP contribution in [0.2, 0.25) is 0 Å². The van der Waals surface area contributed by atoms with Crippen LogP contribution in [0.15, 0.2) is 89.0 Å². The first-order valence-corrected chi connectivity index (χ1v) is 15.1. The molecule has 11 heteroatoms. The van der Waals surface area contributed by atoms with Crippen molar-refractivity contribution in [2.24, 2.45) is 0 Å². The number of hydrogen-bond donors (Lipinski definition) is 1. The number of allylic oxidation sites excluding steroid dienone is 8. The van der Waals surface area contributed by atoms with Gasteiger partial charge in [-0.15, -0.1) is 0 Å². The van der Waals surface area contributed by atoms with Crippen molar-refractivity contribution in [3.8, 4) is 0 Å². The van der Waals surface area contributed by atoms with Gasteiger partial charge in [0.2, 0.25) is 5.69 Å². The maximum Gasteiger partial charge on any atom is 1.00 e. The van der Waals surface area contributed by atoms with Crippen molar-refractivity contribution in [2.45, 2.75) is 57.3 Å². The fourth-order valence-corrected chi connectivity index (χ4v) is 6.28. The van der Waals surface area contributed by atoms with E-state index in [2.05, 4.69) is 19.9 Å². The molecule has 44 heavy (non-hydrogen) atoms. The zero-order valence-electron chi connectivity index (χ0n) is 26.1. The second-order valence-corrected chi connectivity index (χ2v) is 13.1. The van der Waals surface area contributed by atoms with Gasteiger partial charge in [-0.3, -0.25) is 9.59 Å². The zero-order chi connectivity index (χ0) is 31.7. The van der Waals surface area contributed by atoms with Crippen LogP contribution in [0.4, 0.5) is 11.4 Å². The Morgan fingerprint density at radius 2 is 1.77 bits per heavy atom. The average Bonchev–Trinajstić information content (AvgIpc) is 3.25. The normalized spacial score (nSPS) is 18.1. The van der Waals surface area contributed by atoms with E-state index in [1.165, 1.54) is 18.2 Å². The molecule has 226 valence electrons. The van der Waals surface area contributed by atoms with Gasteiger partial charge >= 0.3 is 35.5 Å². The number of ether oxygens (including phenoxy) is 1. The van der Waals surface area contributed by atoms with Crippen LogP contribution in [0.1, 0.15) is 51.3 Å². The molecule has 0 bridgehead atoms. The maximum atomic E-state index is 11.7. The third-order valence-corrected chi connectivity index (χ3v) is 8.82. The second kappa shape index (κ2) is 13.4. The zero-order valence-corrected chi connectivity index (χ0v) is 28.9. The third kappa shape index (κ3) is 7.00. The van der Waals surface area contributed by atoms with Crippen LogP contribution in [-0.2, 0) is 35.3 Å². The van der Waals surface area contributed by atoms with Crippen molar-refractivity contribution in [1.82, 2.24) is 0 Å². The number of carbonyl (C=O) groups excluding carboxylic acids is 1. The number of rotatable bonds is 10. The quantitative estimate of drug-likeness (QED) is 0.140. The summed E-state index contributed by atoms with van der Waals surface area (Å²) >= 11 is 0. The van der Waals surface area contributed by atoms with Gasteiger partial charge in [0.05, 0.1) is 10.3 Å². The summed E-state index contributed by atoms with van der Waals surface area (Å²) in [4.78, 5) is 23.9. The Balaban J connectivity index is 0.00000529. The molecule has 0 saturated heterocycles. The van der Waals surface area contributed by atoms with Gasteiger partial charge < -0.3 is 19.3 Å². The molecule has 0 aromatic heterocycles. The van der Waals surface area contributed by atoms with Crippen molar-refractivity contribution in [3.05, 3.63) is 101 Å². The summed E-state index contributed by atoms with van der Waals surface area (Å²) in [6.45, 7) is 12.2. The number of fused-ring (bicyclic) bond motifs is 2. The van der Waals surface area contributed by atoms with Crippen molar-refractivity contribution < 1.29 is 66.5 Å². The number of carbonyl (C=O) groups is 2. The predicted molar refractivity (Wildman–Crippen MR) is 164 cm³/mol. The summed E-state index contributed by atoms with van der Waals surface area (Å²) in [5, 5.41) is 9.57. The summed E-state index contributed by atoms with van der Waals surface area (Å²) in [7, 11) is -4.67. The third-order valence-electron chi connectivity index (χ3n) is 7.99. The van der Waals surface area contributed by atoms with E-state index in [4.69, 9.17) is 4.74 Å². The number of anilines is 1. The molecule has 0 aliphatic carbocycles. The Hall–Kier alpha value is -3.28. The number of carboxylic acid groups (broad SMARTS) is 1. The molecule has 2 aromatic rings. The Morgan fingerprint density at radius 3 is 2.41 bits per heavy atom. The second-order valence-electron chi connectivity index (χ2n) is 11.8. The first kappa shape index (κ1) is 35.2. The molecule has 4 rings (SSSR count). The Labute approximate surface area is 281 Å². The van der Waals surface area contributed by atoms with Crippen LogP contribution >= 0.6 is 0 Å². The fourth-order valence-electron chi connectivity index (χ4n) is 5.79. The van der Waals surface area contributed by atoms with E-state index in [9.17, 15) is 27.7 Å². The molecule has 0 spiro atoms. The summed E-state index contributed by atoms with van der Waals surface area (Å²) in [6.07, 6.45) is 11.4. The maximum absolute atomic E-state index is 11.7. The molecule has 0 radical (unpaired) electrons. The monoisotopic (exact) mass is 627 g/mol. The topological polar surface area (TPSA) is 127 Å². The van der Waals surface area contributed by atoms with E-state index >= 15 is 0 Å². The minimum absolute atomic E-state index is 0. The molecule has 2 heterocycles. The molecule has 2 aliphatic rings. The molecule has 0 saturated carbocycles. The molecule has 1 N–H and O–H groups in total. The Morgan fingerprint density at radius 1 is 1.07 bits per heavy atom. The van der Waals surface area contributed by atoms with E-state index in [0.717, 1.165) is 28.1 Å². The minimum Gasteiger partial charge on any atom is -0.744 e. The largest absolute Gasteiger partial charge is 1.00 e. The van der Waals surface area contributed by atoms with Gasteiger partial charge in [0.25, 0.3) is 13.2 Å².